The normalized spacial score (nSPS) is 15.6. The number of likely N-dealkylation sites (N-methyl/N-ethyl adjacent to an activating group) is 1. The van der Waals surface area contributed by atoms with Crippen LogP contribution in [0.15, 0.2) is 96.3 Å². The van der Waals surface area contributed by atoms with Crippen molar-refractivity contribution < 1.29 is 19.4 Å². The topological polar surface area (TPSA) is 70.1 Å². The molecule has 0 aromatic heterocycles. The van der Waals surface area contributed by atoms with Gasteiger partial charge in [-0.15, -0.1) is 0 Å². The van der Waals surface area contributed by atoms with Gasteiger partial charge in [0.1, 0.15) is 12.4 Å². The van der Waals surface area contributed by atoms with E-state index in [1.807, 2.05) is 104 Å². The van der Waals surface area contributed by atoms with Crippen molar-refractivity contribution in [2.75, 3.05) is 27.2 Å². The Morgan fingerprint density at radius 1 is 0.944 bits per heavy atom. The molecular weight excluding hydrogens is 452 g/mol. The zero-order chi connectivity index (χ0) is 25.5. The lowest BCUT2D eigenvalue weighted by Crippen LogP contribution is -2.36. The van der Waals surface area contributed by atoms with Crippen molar-refractivity contribution in [3.8, 4) is 5.75 Å². The average Bonchev–Trinajstić information content (AvgIpc) is 3.16. The SMILES string of the molecule is CN(C)CCN1C(=O)C(O)=C(C(=O)CCc2ccccc2)C1c1cccc(OCc2ccccc2)c1. The van der Waals surface area contributed by atoms with Crippen LogP contribution in [0.25, 0.3) is 0 Å². The first-order chi connectivity index (χ1) is 17.4. The number of Topliss-reactive ketones (excluding diaryl/α,β-unsaturated/α-hetero) is 1. The number of hydrogen-bond donors (Lipinski definition) is 1. The van der Waals surface area contributed by atoms with Crippen LogP contribution < -0.4 is 4.74 Å². The first kappa shape index (κ1) is 25.2. The van der Waals surface area contributed by atoms with Crippen molar-refractivity contribution in [1.82, 2.24) is 9.80 Å². The molecule has 0 saturated carbocycles. The second-order valence-electron chi connectivity index (χ2n) is 9.22. The Bertz CT molecular complexity index is 1220. The predicted molar refractivity (Wildman–Crippen MR) is 140 cm³/mol. The van der Waals surface area contributed by atoms with Crippen LogP contribution in [0.3, 0.4) is 0 Å². The molecule has 1 aliphatic heterocycles. The van der Waals surface area contributed by atoms with E-state index in [0.29, 0.717) is 31.9 Å². The lowest BCUT2D eigenvalue weighted by molar-refractivity contribution is -0.129. The predicted octanol–water partition coefficient (Wildman–Crippen LogP) is 4.72. The fraction of sp³-hybridized carbons (Fsp3) is 0.267. The molecule has 1 aliphatic rings. The molecule has 1 amide bonds. The van der Waals surface area contributed by atoms with Crippen LogP contribution in [-0.2, 0) is 22.6 Å². The van der Waals surface area contributed by atoms with Gasteiger partial charge in [0, 0.05) is 19.5 Å². The van der Waals surface area contributed by atoms with Crippen LogP contribution in [0.1, 0.15) is 29.2 Å². The molecular formula is C30H32N2O4. The minimum absolute atomic E-state index is 0.162. The summed E-state index contributed by atoms with van der Waals surface area (Å²) in [5.74, 6) is -0.551. The summed E-state index contributed by atoms with van der Waals surface area (Å²) in [7, 11) is 3.85. The molecule has 0 radical (unpaired) electrons. The van der Waals surface area contributed by atoms with Gasteiger partial charge in [-0.3, -0.25) is 9.59 Å². The molecule has 0 fully saturated rings. The third-order valence-corrected chi connectivity index (χ3v) is 6.30. The Hall–Kier alpha value is -3.90. The second-order valence-corrected chi connectivity index (χ2v) is 9.22. The molecule has 186 valence electrons. The highest BCUT2D eigenvalue weighted by molar-refractivity contribution is 6.09. The van der Waals surface area contributed by atoms with Crippen LogP contribution in [0.4, 0.5) is 0 Å². The molecule has 1 heterocycles. The van der Waals surface area contributed by atoms with Crippen LogP contribution in [-0.4, -0.2) is 53.8 Å². The number of carbonyl (C=O) groups is 2. The number of benzene rings is 3. The van der Waals surface area contributed by atoms with Gasteiger partial charge in [0.05, 0.1) is 11.6 Å². The molecule has 0 aliphatic carbocycles. The lowest BCUT2D eigenvalue weighted by Gasteiger charge is -2.28. The highest BCUT2D eigenvalue weighted by Crippen LogP contribution is 2.39. The summed E-state index contributed by atoms with van der Waals surface area (Å²) in [5, 5.41) is 10.8. The van der Waals surface area contributed by atoms with Crippen molar-refractivity contribution in [1.29, 1.82) is 0 Å². The van der Waals surface area contributed by atoms with Crippen molar-refractivity contribution >= 4 is 11.7 Å². The lowest BCUT2D eigenvalue weighted by atomic mass is 9.93. The van der Waals surface area contributed by atoms with E-state index in [1.165, 1.54) is 0 Å². The molecule has 6 nitrogen and oxygen atoms in total. The van der Waals surface area contributed by atoms with E-state index < -0.39 is 17.7 Å². The summed E-state index contributed by atoms with van der Waals surface area (Å²) in [6.45, 7) is 1.39. The summed E-state index contributed by atoms with van der Waals surface area (Å²) in [5.41, 5.74) is 2.98. The van der Waals surface area contributed by atoms with Crippen molar-refractivity contribution in [2.24, 2.45) is 0 Å². The van der Waals surface area contributed by atoms with Gasteiger partial charge in [-0.05, 0) is 49.3 Å². The van der Waals surface area contributed by atoms with E-state index in [4.69, 9.17) is 4.74 Å². The van der Waals surface area contributed by atoms with Crippen LogP contribution >= 0.6 is 0 Å². The molecule has 0 spiro atoms. The second kappa shape index (κ2) is 11.7. The van der Waals surface area contributed by atoms with E-state index >= 15 is 0 Å². The van der Waals surface area contributed by atoms with Gasteiger partial charge in [-0.1, -0.05) is 72.8 Å². The third kappa shape index (κ3) is 6.01. The van der Waals surface area contributed by atoms with Crippen LogP contribution in [0.5, 0.6) is 5.75 Å². The molecule has 0 bridgehead atoms. The zero-order valence-electron chi connectivity index (χ0n) is 20.8. The van der Waals surface area contributed by atoms with Gasteiger partial charge in [0.15, 0.2) is 11.5 Å². The summed E-state index contributed by atoms with van der Waals surface area (Å²) in [4.78, 5) is 30.1. The van der Waals surface area contributed by atoms with Crippen LogP contribution in [0.2, 0.25) is 0 Å². The van der Waals surface area contributed by atoms with E-state index in [2.05, 4.69) is 0 Å². The number of aryl methyl sites for hydroxylation is 1. The number of nitrogens with zero attached hydrogens (tertiary/aromatic N) is 2. The maximum absolute atomic E-state index is 13.4. The van der Waals surface area contributed by atoms with E-state index in [1.54, 1.807) is 4.90 Å². The largest absolute Gasteiger partial charge is 0.503 e. The fourth-order valence-corrected chi connectivity index (χ4v) is 4.38. The van der Waals surface area contributed by atoms with E-state index in [0.717, 1.165) is 16.7 Å². The molecule has 6 heteroatoms. The summed E-state index contributed by atoms with van der Waals surface area (Å²) in [6.07, 6.45) is 0.744. The van der Waals surface area contributed by atoms with Gasteiger partial charge in [-0.2, -0.15) is 0 Å². The van der Waals surface area contributed by atoms with Gasteiger partial charge in [0.2, 0.25) is 0 Å². The quantitative estimate of drug-likeness (QED) is 0.426. The third-order valence-electron chi connectivity index (χ3n) is 6.30. The number of ether oxygens (including phenoxy) is 1. The number of aliphatic hydroxyl groups excluding tert-OH is 1. The number of ketones is 1. The number of rotatable bonds is 11. The van der Waals surface area contributed by atoms with Crippen molar-refractivity contribution in [3.05, 3.63) is 113 Å². The number of carbonyl (C=O) groups excluding carboxylic acids is 2. The Morgan fingerprint density at radius 3 is 2.28 bits per heavy atom. The minimum atomic E-state index is -0.666. The average molecular weight is 485 g/mol. The van der Waals surface area contributed by atoms with Crippen LogP contribution in [0, 0.1) is 0 Å². The summed E-state index contributed by atoms with van der Waals surface area (Å²) >= 11 is 0. The maximum Gasteiger partial charge on any atom is 0.290 e. The van der Waals surface area contributed by atoms with E-state index in [9.17, 15) is 14.7 Å². The molecule has 4 rings (SSSR count). The first-order valence-corrected chi connectivity index (χ1v) is 12.2. The van der Waals surface area contributed by atoms with Gasteiger partial charge in [0.25, 0.3) is 5.91 Å². The maximum atomic E-state index is 13.4. The van der Waals surface area contributed by atoms with Crippen molar-refractivity contribution in [2.45, 2.75) is 25.5 Å². The zero-order valence-corrected chi connectivity index (χ0v) is 20.8. The minimum Gasteiger partial charge on any atom is -0.503 e. The molecule has 0 saturated heterocycles. The van der Waals surface area contributed by atoms with Gasteiger partial charge < -0.3 is 19.6 Å². The Labute approximate surface area is 212 Å². The number of amides is 1. The Balaban J connectivity index is 1.60. The Morgan fingerprint density at radius 2 is 1.61 bits per heavy atom. The van der Waals surface area contributed by atoms with Gasteiger partial charge >= 0.3 is 0 Å². The summed E-state index contributed by atoms with van der Waals surface area (Å²) in [6, 6.07) is 26.4. The molecule has 3 aromatic rings. The van der Waals surface area contributed by atoms with Crippen molar-refractivity contribution in [3.63, 3.8) is 0 Å². The van der Waals surface area contributed by atoms with E-state index in [-0.39, 0.29) is 17.8 Å². The standard InChI is InChI=1S/C30H32N2O4/c1-31(2)18-19-32-28(24-14-9-15-25(20-24)36-21-23-12-7-4-8-13-23)27(29(34)30(32)35)26(33)17-16-22-10-5-3-6-11-22/h3-15,20,28,34H,16-19,21H2,1-2H3. The smallest absolute Gasteiger partial charge is 0.290 e. The monoisotopic (exact) mass is 484 g/mol. The first-order valence-electron chi connectivity index (χ1n) is 12.2. The Kier molecular flexibility index (Phi) is 8.18. The highest BCUT2D eigenvalue weighted by atomic mass is 16.5. The highest BCUT2D eigenvalue weighted by Gasteiger charge is 2.43. The fourth-order valence-electron chi connectivity index (χ4n) is 4.38. The molecule has 3 aromatic carbocycles. The molecule has 36 heavy (non-hydrogen) atoms. The molecule has 1 N–H and O–H groups in total. The van der Waals surface area contributed by atoms with Gasteiger partial charge in [-0.25, -0.2) is 0 Å². The number of hydrogen-bond acceptors (Lipinski definition) is 5. The molecule has 1 atom stereocenters. The molecule has 1 unspecified atom stereocenters. The number of aliphatic hydroxyl groups is 1. The summed E-state index contributed by atoms with van der Waals surface area (Å²) < 4.78 is 6.01.